The third-order valence-electron chi connectivity index (χ3n) is 3.73. The summed E-state index contributed by atoms with van der Waals surface area (Å²) in [4.78, 5) is 23.7. The van der Waals surface area contributed by atoms with Gasteiger partial charge in [0.1, 0.15) is 17.2 Å². The molecule has 1 heterocycles. The number of allylic oxidation sites excluding steroid dienone is 1. The van der Waals surface area contributed by atoms with E-state index in [1.807, 2.05) is 31.2 Å². The average Bonchev–Trinajstić information content (AvgIpc) is 2.96. The highest BCUT2D eigenvalue weighted by atomic mass is 16.6. The average molecular weight is 354 g/mol. The minimum Gasteiger partial charge on any atom is -0.493 e. The number of rotatable bonds is 6. The molecule has 134 valence electrons. The summed E-state index contributed by atoms with van der Waals surface area (Å²) < 4.78 is 21.1. The molecule has 1 aliphatic rings. The summed E-state index contributed by atoms with van der Waals surface area (Å²) in [6.45, 7) is 2.20. The van der Waals surface area contributed by atoms with E-state index in [9.17, 15) is 9.59 Å². The minimum absolute atomic E-state index is 0.206. The van der Waals surface area contributed by atoms with Crippen LogP contribution in [0.5, 0.6) is 17.2 Å². The van der Waals surface area contributed by atoms with E-state index in [0.717, 1.165) is 5.56 Å². The number of carbonyl (C=O) groups excluding carboxylic acids is 2. The van der Waals surface area contributed by atoms with Crippen LogP contribution in [0.3, 0.4) is 0 Å². The van der Waals surface area contributed by atoms with Crippen molar-refractivity contribution in [2.75, 3.05) is 20.3 Å². The second kappa shape index (κ2) is 7.74. The number of hydrogen-bond acceptors (Lipinski definition) is 6. The summed E-state index contributed by atoms with van der Waals surface area (Å²) >= 11 is 0. The van der Waals surface area contributed by atoms with Gasteiger partial charge in [0.2, 0.25) is 5.78 Å². The largest absolute Gasteiger partial charge is 0.493 e. The van der Waals surface area contributed by atoms with Gasteiger partial charge in [-0.25, -0.2) is 4.79 Å². The van der Waals surface area contributed by atoms with Crippen LogP contribution in [0.25, 0.3) is 6.08 Å². The molecule has 3 rings (SSSR count). The summed E-state index contributed by atoms with van der Waals surface area (Å²) in [5.74, 6) is 0.978. The van der Waals surface area contributed by atoms with Gasteiger partial charge in [-0.15, -0.1) is 0 Å². The van der Waals surface area contributed by atoms with Crippen molar-refractivity contribution < 1.29 is 28.5 Å². The highest BCUT2D eigenvalue weighted by molar-refractivity contribution is 6.14. The van der Waals surface area contributed by atoms with E-state index < -0.39 is 5.97 Å². The van der Waals surface area contributed by atoms with E-state index in [1.165, 1.54) is 7.11 Å². The molecule has 26 heavy (non-hydrogen) atoms. The predicted molar refractivity (Wildman–Crippen MR) is 94.5 cm³/mol. The van der Waals surface area contributed by atoms with Gasteiger partial charge < -0.3 is 18.9 Å². The maximum atomic E-state index is 12.5. The topological polar surface area (TPSA) is 71.1 Å². The van der Waals surface area contributed by atoms with Crippen LogP contribution in [0, 0.1) is 0 Å². The lowest BCUT2D eigenvalue weighted by Crippen LogP contribution is -2.12. The molecule has 6 nitrogen and oxygen atoms in total. The van der Waals surface area contributed by atoms with Gasteiger partial charge in [-0.1, -0.05) is 18.2 Å². The molecule has 0 spiro atoms. The molecule has 6 heteroatoms. The van der Waals surface area contributed by atoms with E-state index in [1.54, 1.807) is 24.3 Å². The second-order valence-corrected chi connectivity index (χ2v) is 5.43. The first kappa shape index (κ1) is 17.5. The molecule has 0 aromatic heterocycles. The molecule has 0 fully saturated rings. The van der Waals surface area contributed by atoms with Gasteiger partial charge in [0.25, 0.3) is 0 Å². The summed E-state index contributed by atoms with van der Waals surface area (Å²) in [6, 6.07) is 12.2. The number of fused-ring (bicyclic) bond motifs is 1. The number of methoxy groups -OCH3 is 1. The standard InChI is InChI=1S/C20H18O6/c1-3-24-16-7-5-4-6-13(16)10-18-20(22)15-9-8-14(11-17(15)26-18)25-12-19(21)23-2/h4-11H,3,12H2,1-2H3. The van der Waals surface area contributed by atoms with Crippen molar-refractivity contribution in [3.8, 4) is 17.2 Å². The molecule has 0 aliphatic carbocycles. The van der Waals surface area contributed by atoms with Crippen LogP contribution in [0.15, 0.2) is 48.2 Å². The summed E-state index contributed by atoms with van der Waals surface area (Å²) in [7, 11) is 1.29. The van der Waals surface area contributed by atoms with Gasteiger partial charge in [0, 0.05) is 11.6 Å². The highest BCUT2D eigenvalue weighted by Gasteiger charge is 2.28. The van der Waals surface area contributed by atoms with E-state index in [-0.39, 0.29) is 18.1 Å². The van der Waals surface area contributed by atoms with E-state index >= 15 is 0 Å². The fourth-order valence-corrected chi connectivity index (χ4v) is 2.49. The monoisotopic (exact) mass is 354 g/mol. The smallest absolute Gasteiger partial charge is 0.343 e. The fourth-order valence-electron chi connectivity index (χ4n) is 2.49. The number of esters is 1. The quantitative estimate of drug-likeness (QED) is 0.586. The molecule has 0 bridgehead atoms. The summed E-state index contributed by atoms with van der Waals surface area (Å²) in [6.07, 6.45) is 1.66. The third kappa shape index (κ3) is 3.69. The first-order valence-corrected chi connectivity index (χ1v) is 8.12. The number of ether oxygens (including phenoxy) is 4. The third-order valence-corrected chi connectivity index (χ3v) is 3.73. The summed E-state index contributed by atoms with van der Waals surface area (Å²) in [5.41, 5.74) is 1.20. The van der Waals surface area contributed by atoms with Crippen LogP contribution in [0.4, 0.5) is 0 Å². The van der Waals surface area contributed by atoms with Crippen molar-refractivity contribution in [1.82, 2.24) is 0 Å². The minimum atomic E-state index is -0.490. The fraction of sp³-hybridized carbons (Fsp3) is 0.200. The Balaban J connectivity index is 1.82. The lowest BCUT2D eigenvalue weighted by atomic mass is 10.1. The normalized spacial score (nSPS) is 13.9. The van der Waals surface area contributed by atoms with Crippen molar-refractivity contribution in [2.24, 2.45) is 0 Å². The molecule has 0 atom stereocenters. The number of para-hydroxylation sites is 1. The zero-order chi connectivity index (χ0) is 18.5. The van der Waals surface area contributed by atoms with Gasteiger partial charge in [0.15, 0.2) is 12.4 Å². The van der Waals surface area contributed by atoms with Gasteiger partial charge in [-0.2, -0.15) is 0 Å². The SMILES string of the molecule is CCOc1ccccc1C=C1Oc2cc(OCC(=O)OC)ccc2C1=O. The molecule has 2 aromatic carbocycles. The maximum Gasteiger partial charge on any atom is 0.343 e. The molecule has 0 saturated heterocycles. The first-order chi connectivity index (χ1) is 12.6. The number of Topliss-reactive ketones (excluding diaryl/α,β-unsaturated/α-hetero) is 1. The van der Waals surface area contributed by atoms with Gasteiger partial charge in [-0.3, -0.25) is 4.79 Å². The Kier molecular flexibility index (Phi) is 5.22. The van der Waals surface area contributed by atoms with Crippen LogP contribution < -0.4 is 14.2 Å². The zero-order valence-corrected chi connectivity index (χ0v) is 14.5. The van der Waals surface area contributed by atoms with Crippen LogP contribution in [-0.4, -0.2) is 32.1 Å². The summed E-state index contributed by atoms with van der Waals surface area (Å²) in [5, 5.41) is 0. The molecule has 0 N–H and O–H groups in total. The van der Waals surface area contributed by atoms with Gasteiger partial charge in [0.05, 0.1) is 19.3 Å². The van der Waals surface area contributed by atoms with Gasteiger partial charge in [-0.05, 0) is 31.2 Å². The van der Waals surface area contributed by atoms with Crippen molar-refractivity contribution in [2.45, 2.75) is 6.92 Å². The Bertz CT molecular complexity index is 868. The number of carbonyl (C=O) groups is 2. The first-order valence-electron chi connectivity index (χ1n) is 8.12. The Labute approximate surface area is 150 Å². The molecule has 0 unspecified atom stereocenters. The zero-order valence-electron chi connectivity index (χ0n) is 14.5. The van der Waals surface area contributed by atoms with Gasteiger partial charge >= 0.3 is 5.97 Å². The Morgan fingerprint density at radius 3 is 2.73 bits per heavy atom. The Hall–Kier alpha value is -3.28. The molecule has 2 aromatic rings. The lowest BCUT2D eigenvalue weighted by molar-refractivity contribution is -0.142. The van der Waals surface area contributed by atoms with Crippen LogP contribution >= 0.6 is 0 Å². The number of ketones is 1. The van der Waals surface area contributed by atoms with Crippen molar-refractivity contribution in [3.05, 3.63) is 59.4 Å². The molecule has 0 saturated carbocycles. The number of benzene rings is 2. The molecule has 0 amide bonds. The number of hydrogen-bond donors (Lipinski definition) is 0. The van der Waals surface area contributed by atoms with Crippen LogP contribution in [-0.2, 0) is 9.53 Å². The molecular formula is C20H18O6. The Morgan fingerprint density at radius 1 is 1.15 bits per heavy atom. The van der Waals surface area contributed by atoms with E-state index in [0.29, 0.717) is 29.4 Å². The maximum absolute atomic E-state index is 12.5. The molecule has 0 radical (unpaired) electrons. The van der Waals surface area contributed by atoms with E-state index in [4.69, 9.17) is 14.2 Å². The van der Waals surface area contributed by atoms with E-state index in [2.05, 4.69) is 4.74 Å². The van der Waals surface area contributed by atoms with Crippen LogP contribution in [0.2, 0.25) is 0 Å². The molecule has 1 aliphatic heterocycles. The van der Waals surface area contributed by atoms with Crippen LogP contribution in [0.1, 0.15) is 22.8 Å². The second-order valence-electron chi connectivity index (χ2n) is 5.43. The highest BCUT2D eigenvalue weighted by Crippen LogP contribution is 2.35. The predicted octanol–water partition coefficient (Wildman–Crippen LogP) is 3.25. The van der Waals surface area contributed by atoms with Crippen molar-refractivity contribution in [1.29, 1.82) is 0 Å². The lowest BCUT2D eigenvalue weighted by Gasteiger charge is -2.07. The van der Waals surface area contributed by atoms with Crippen molar-refractivity contribution >= 4 is 17.8 Å². The van der Waals surface area contributed by atoms with Crippen molar-refractivity contribution in [3.63, 3.8) is 0 Å². The molecular weight excluding hydrogens is 336 g/mol. The Morgan fingerprint density at radius 2 is 1.96 bits per heavy atom.